The maximum absolute atomic E-state index is 12.4. The number of ether oxygens (including phenoxy) is 2. The third-order valence-electron chi connectivity index (χ3n) is 4.22. The van der Waals surface area contributed by atoms with Gasteiger partial charge in [-0.25, -0.2) is 0 Å². The predicted molar refractivity (Wildman–Crippen MR) is 76.2 cm³/mol. The van der Waals surface area contributed by atoms with Crippen molar-refractivity contribution in [2.75, 3.05) is 40.0 Å². The molecule has 8 nitrogen and oxygen atoms in total. The Morgan fingerprint density at radius 3 is 3.18 bits per heavy atom. The molecule has 0 saturated carbocycles. The molecule has 0 bridgehead atoms. The molecule has 2 aliphatic heterocycles. The van der Waals surface area contributed by atoms with Crippen molar-refractivity contribution >= 4 is 11.8 Å². The van der Waals surface area contributed by atoms with Crippen LogP contribution in [-0.4, -0.2) is 83.9 Å². The number of nitrogens with zero attached hydrogens (tertiary/aromatic N) is 3. The van der Waals surface area contributed by atoms with Crippen molar-refractivity contribution < 1.29 is 19.1 Å². The first-order chi connectivity index (χ1) is 10.7. The number of hydrogen-bond donors (Lipinski definition) is 1. The van der Waals surface area contributed by atoms with Gasteiger partial charge in [-0.1, -0.05) is 0 Å². The Kier molecular flexibility index (Phi) is 4.39. The van der Waals surface area contributed by atoms with E-state index in [1.165, 1.54) is 0 Å². The summed E-state index contributed by atoms with van der Waals surface area (Å²) in [5, 5.41) is 6.50. The number of morpholine rings is 1. The van der Waals surface area contributed by atoms with Gasteiger partial charge in [-0.3, -0.25) is 14.7 Å². The lowest BCUT2D eigenvalue weighted by Gasteiger charge is -2.46. The minimum absolute atomic E-state index is 0.0135. The minimum atomic E-state index is -0.114. The standard InChI is InChI=1S/C14H20N4O4/c1-21-7-6-18-11-8-17(14(20)10-2-4-15-16-10)5-3-12(11)22-9-13(18)19/h2,4,11-12H,3,5-9H2,1H3,(H,15,16)/t11-,12+/m0/s1. The van der Waals surface area contributed by atoms with Crippen LogP contribution in [0.3, 0.4) is 0 Å². The molecule has 3 heterocycles. The Labute approximate surface area is 128 Å². The highest BCUT2D eigenvalue weighted by Crippen LogP contribution is 2.24. The minimum Gasteiger partial charge on any atom is -0.383 e. The molecule has 0 radical (unpaired) electrons. The number of piperidine rings is 1. The molecular formula is C14H20N4O4. The Bertz CT molecular complexity index is 533. The summed E-state index contributed by atoms with van der Waals surface area (Å²) in [6.07, 6.45) is 2.26. The average Bonchev–Trinajstić information content (AvgIpc) is 3.07. The first kappa shape index (κ1) is 15.0. The van der Waals surface area contributed by atoms with E-state index in [1.807, 2.05) is 0 Å². The van der Waals surface area contributed by atoms with E-state index in [4.69, 9.17) is 9.47 Å². The van der Waals surface area contributed by atoms with Crippen molar-refractivity contribution in [2.24, 2.45) is 0 Å². The first-order valence-corrected chi connectivity index (χ1v) is 7.39. The summed E-state index contributed by atoms with van der Waals surface area (Å²) in [6.45, 7) is 2.19. The normalized spacial score (nSPS) is 25.2. The molecular weight excluding hydrogens is 288 g/mol. The van der Waals surface area contributed by atoms with Gasteiger partial charge in [0.25, 0.3) is 5.91 Å². The van der Waals surface area contributed by atoms with E-state index in [0.717, 1.165) is 6.42 Å². The molecule has 2 atom stereocenters. The van der Waals surface area contributed by atoms with E-state index in [-0.39, 0.29) is 30.6 Å². The fourth-order valence-electron chi connectivity index (χ4n) is 3.06. The molecule has 0 spiro atoms. The quantitative estimate of drug-likeness (QED) is 0.810. The van der Waals surface area contributed by atoms with Crippen LogP contribution in [0.5, 0.6) is 0 Å². The highest BCUT2D eigenvalue weighted by atomic mass is 16.5. The number of rotatable bonds is 4. The Morgan fingerprint density at radius 1 is 1.59 bits per heavy atom. The fourth-order valence-corrected chi connectivity index (χ4v) is 3.06. The lowest BCUT2D eigenvalue weighted by atomic mass is 9.98. The number of H-pyrrole nitrogens is 1. The number of aromatic nitrogens is 2. The SMILES string of the molecule is COCCN1C(=O)CO[C@@H]2CCN(C(=O)c3ccn[nH]3)C[C@@H]21. The van der Waals surface area contributed by atoms with Gasteiger partial charge in [0.15, 0.2) is 0 Å². The Hall–Kier alpha value is -1.93. The van der Waals surface area contributed by atoms with E-state index >= 15 is 0 Å². The van der Waals surface area contributed by atoms with Crippen molar-refractivity contribution in [1.29, 1.82) is 0 Å². The van der Waals surface area contributed by atoms with Gasteiger partial charge in [-0.2, -0.15) is 5.10 Å². The van der Waals surface area contributed by atoms with Crippen LogP contribution in [0, 0.1) is 0 Å². The lowest BCUT2D eigenvalue weighted by Crippen LogP contribution is -2.63. The number of likely N-dealkylation sites (tertiary alicyclic amines) is 1. The number of carbonyl (C=O) groups is 2. The molecule has 2 saturated heterocycles. The maximum Gasteiger partial charge on any atom is 0.271 e. The number of amides is 2. The lowest BCUT2D eigenvalue weighted by molar-refractivity contribution is -0.163. The number of hydrogen-bond acceptors (Lipinski definition) is 5. The molecule has 1 N–H and O–H groups in total. The van der Waals surface area contributed by atoms with E-state index in [1.54, 1.807) is 29.2 Å². The van der Waals surface area contributed by atoms with Gasteiger partial charge < -0.3 is 19.3 Å². The zero-order valence-electron chi connectivity index (χ0n) is 12.5. The van der Waals surface area contributed by atoms with Gasteiger partial charge in [0, 0.05) is 32.9 Å². The van der Waals surface area contributed by atoms with Crippen LogP contribution in [0.4, 0.5) is 0 Å². The largest absolute Gasteiger partial charge is 0.383 e. The predicted octanol–water partition coefficient (Wildman–Crippen LogP) is -0.502. The van der Waals surface area contributed by atoms with Crippen LogP contribution in [0.25, 0.3) is 0 Å². The highest BCUT2D eigenvalue weighted by Gasteiger charge is 2.41. The van der Waals surface area contributed by atoms with E-state index in [0.29, 0.717) is 31.9 Å². The van der Waals surface area contributed by atoms with E-state index < -0.39 is 0 Å². The summed E-state index contributed by atoms with van der Waals surface area (Å²) < 4.78 is 10.7. The van der Waals surface area contributed by atoms with Crippen molar-refractivity contribution in [2.45, 2.75) is 18.6 Å². The number of methoxy groups -OCH3 is 1. The van der Waals surface area contributed by atoms with Gasteiger partial charge in [0.2, 0.25) is 5.91 Å². The van der Waals surface area contributed by atoms with Gasteiger partial charge in [-0.15, -0.1) is 0 Å². The molecule has 0 unspecified atom stereocenters. The second-order valence-electron chi connectivity index (χ2n) is 5.51. The highest BCUT2D eigenvalue weighted by molar-refractivity contribution is 5.92. The van der Waals surface area contributed by atoms with Crippen molar-refractivity contribution in [3.63, 3.8) is 0 Å². The molecule has 22 heavy (non-hydrogen) atoms. The number of fused-ring (bicyclic) bond motifs is 1. The van der Waals surface area contributed by atoms with Crippen LogP contribution in [0.2, 0.25) is 0 Å². The summed E-state index contributed by atoms with van der Waals surface area (Å²) in [4.78, 5) is 28.0. The van der Waals surface area contributed by atoms with Gasteiger partial charge in [-0.05, 0) is 12.5 Å². The zero-order chi connectivity index (χ0) is 15.5. The molecule has 1 aromatic heterocycles. The monoisotopic (exact) mass is 308 g/mol. The third kappa shape index (κ3) is 2.84. The molecule has 2 fully saturated rings. The third-order valence-corrected chi connectivity index (χ3v) is 4.22. The molecule has 2 aliphatic rings. The van der Waals surface area contributed by atoms with Crippen LogP contribution in [-0.2, 0) is 14.3 Å². The molecule has 0 aromatic carbocycles. The summed E-state index contributed by atoms with van der Waals surface area (Å²) in [6, 6.07) is 1.54. The van der Waals surface area contributed by atoms with Crippen molar-refractivity contribution in [1.82, 2.24) is 20.0 Å². The van der Waals surface area contributed by atoms with Crippen LogP contribution in [0.15, 0.2) is 12.3 Å². The molecule has 120 valence electrons. The van der Waals surface area contributed by atoms with Crippen molar-refractivity contribution in [3.8, 4) is 0 Å². The molecule has 1 aromatic rings. The second kappa shape index (κ2) is 6.45. The fraction of sp³-hybridized carbons (Fsp3) is 0.643. The maximum atomic E-state index is 12.4. The molecule has 3 rings (SSSR count). The Balaban J connectivity index is 1.72. The first-order valence-electron chi connectivity index (χ1n) is 7.39. The summed E-state index contributed by atoms with van der Waals surface area (Å²) in [5.74, 6) is -0.144. The molecule has 2 amide bonds. The van der Waals surface area contributed by atoms with Gasteiger partial charge in [0.05, 0.1) is 18.8 Å². The smallest absolute Gasteiger partial charge is 0.271 e. The van der Waals surface area contributed by atoms with Crippen LogP contribution in [0.1, 0.15) is 16.9 Å². The number of carbonyl (C=O) groups excluding carboxylic acids is 2. The molecule has 0 aliphatic carbocycles. The number of aromatic amines is 1. The van der Waals surface area contributed by atoms with Crippen LogP contribution < -0.4 is 0 Å². The van der Waals surface area contributed by atoms with Gasteiger partial charge >= 0.3 is 0 Å². The number of nitrogens with one attached hydrogen (secondary N) is 1. The average molecular weight is 308 g/mol. The van der Waals surface area contributed by atoms with E-state index in [2.05, 4.69) is 10.2 Å². The molecule has 8 heteroatoms. The zero-order valence-corrected chi connectivity index (χ0v) is 12.5. The summed E-state index contributed by atoms with van der Waals surface area (Å²) in [7, 11) is 1.61. The summed E-state index contributed by atoms with van der Waals surface area (Å²) in [5.41, 5.74) is 0.463. The van der Waals surface area contributed by atoms with E-state index in [9.17, 15) is 9.59 Å². The second-order valence-corrected chi connectivity index (χ2v) is 5.51. The topological polar surface area (TPSA) is 87.8 Å². The Morgan fingerprint density at radius 2 is 2.45 bits per heavy atom. The summed E-state index contributed by atoms with van der Waals surface area (Å²) >= 11 is 0. The van der Waals surface area contributed by atoms with Gasteiger partial charge in [0.1, 0.15) is 12.3 Å². The van der Waals surface area contributed by atoms with Crippen molar-refractivity contribution in [3.05, 3.63) is 18.0 Å². The van der Waals surface area contributed by atoms with Crippen LogP contribution >= 0.6 is 0 Å².